The fraction of sp³-hybridized carbons (Fsp3) is 0.586. The zero-order valence-corrected chi connectivity index (χ0v) is 22.3. The van der Waals surface area contributed by atoms with Crippen LogP contribution in [0.15, 0.2) is 42.6 Å². The van der Waals surface area contributed by atoms with Gasteiger partial charge in [0.15, 0.2) is 11.5 Å². The lowest BCUT2D eigenvalue weighted by Crippen LogP contribution is -2.30. The summed E-state index contributed by atoms with van der Waals surface area (Å²) in [5, 5.41) is 0. The molecule has 0 atom stereocenters. The number of benzene rings is 1. The molecular weight excluding hydrogens is 440 g/mol. The largest absolute Gasteiger partial charge is 0.493 e. The maximum atomic E-state index is 12.1. The second-order valence-electron chi connectivity index (χ2n) is 9.68. The molecule has 0 fully saturated rings. The van der Waals surface area contributed by atoms with Gasteiger partial charge in [-0.05, 0) is 56.5 Å². The molecule has 194 valence electrons. The van der Waals surface area contributed by atoms with Crippen LogP contribution in [-0.2, 0) is 16.0 Å². The average Bonchev–Trinajstić information content (AvgIpc) is 2.87. The molecule has 0 aliphatic carbocycles. The van der Waals surface area contributed by atoms with E-state index in [4.69, 9.17) is 14.2 Å². The number of aromatic nitrogens is 1. The van der Waals surface area contributed by atoms with E-state index in [1.165, 1.54) is 45.6 Å². The number of methoxy groups -OCH3 is 2. The third-order valence-electron chi connectivity index (χ3n) is 6.24. The van der Waals surface area contributed by atoms with E-state index >= 15 is 0 Å². The van der Waals surface area contributed by atoms with E-state index < -0.39 is 5.41 Å². The van der Waals surface area contributed by atoms with Gasteiger partial charge in [0.2, 0.25) is 0 Å². The first-order chi connectivity index (χ1) is 16.9. The molecule has 35 heavy (non-hydrogen) atoms. The second kappa shape index (κ2) is 15.3. The first kappa shape index (κ1) is 28.5. The summed E-state index contributed by atoms with van der Waals surface area (Å²) >= 11 is 0. The SMILES string of the molecule is CCCCCCCCCN(CCOc1cc(CC(C)(C)C(=O)OC)ccc1OC)c1ccccn1. The number of esters is 1. The molecule has 6 heteroatoms. The summed E-state index contributed by atoms with van der Waals surface area (Å²) in [6, 6.07) is 11.8. The lowest BCUT2D eigenvalue weighted by Gasteiger charge is -2.24. The van der Waals surface area contributed by atoms with E-state index in [0.29, 0.717) is 24.5 Å². The van der Waals surface area contributed by atoms with Crippen LogP contribution in [0.5, 0.6) is 11.5 Å². The van der Waals surface area contributed by atoms with Crippen LogP contribution in [0.3, 0.4) is 0 Å². The zero-order valence-electron chi connectivity index (χ0n) is 22.3. The van der Waals surface area contributed by atoms with Crippen molar-refractivity contribution in [3.05, 3.63) is 48.2 Å². The third kappa shape index (κ3) is 9.79. The molecule has 2 rings (SSSR count). The highest BCUT2D eigenvalue weighted by atomic mass is 16.5. The highest BCUT2D eigenvalue weighted by Gasteiger charge is 2.29. The molecule has 0 amide bonds. The van der Waals surface area contributed by atoms with Crippen molar-refractivity contribution in [3.63, 3.8) is 0 Å². The second-order valence-corrected chi connectivity index (χ2v) is 9.68. The predicted octanol–water partition coefficient (Wildman–Crippen LogP) is 6.47. The third-order valence-corrected chi connectivity index (χ3v) is 6.24. The molecule has 0 unspecified atom stereocenters. The van der Waals surface area contributed by atoms with Crippen molar-refractivity contribution >= 4 is 11.8 Å². The van der Waals surface area contributed by atoms with Gasteiger partial charge in [0.05, 0.1) is 26.2 Å². The van der Waals surface area contributed by atoms with Crippen molar-refractivity contribution in [2.24, 2.45) is 5.41 Å². The minimum absolute atomic E-state index is 0.229. The van der Waals surface area contributed by atoms with Crippen molar-refractivity contribution in [1.82, 2.24) is 4.98 Å². The number of unbranched alkanes of at least 4 members (excludes halogenated alkanes) is 6. The Bertz CT molecular complexity index is 870. The Hall–Kier alpha value is -2.76. The van der Waals surface area contributed by atoms with Crippen LogP contribution in [0.2, 0.25) is 0 Å². The normalized spacial score (nSPS) is 11.2. The Labute approximate surface area is 212 Å². The quantitative estimate of drug-likeness (QED) is 0.189. The van der Waals surface area contributed by atoms with Crippen LogP contribution >= 0.6 is 0 Å². The fourth-order valence-electron chi connectivity index (χ4n) is 4.21. The lowest BCUT2D eigenvalue weighted by atomic mass is 9.86. The summed E-state index contributed by atoms with van der Waals surface area (Å²) in [5.74, 6) is 2.11. The molecule has 2 aromatic rings. The topological polar surface area (TPSA) is 60.9 Å². The van der Waals surface area contributed by atoms with E-state index in [2.05, 4.69) is 22.9 Å². The van der Waals surface area contributed by atoms with Crippen molar-refractivity contribution in [2.45, 2.75) is 72.1 Å². The smallest absolute Gasteiger partial charge is 0.311 e. The highest BCUT2D eigenvalue weighted by Crippen LogP contribution is 2.31. The van der Waals surface area contributed by atoms with Gasteiger partial charge in [-0.3, -0.25) is 4.79 Å². The van der Waals surface area contributed by atoms with Crippen LogP contribution in [0, 0.1) is 5.41 Å². The summed E-state index contributed by atoms with van der Waals surface area (Å²) in [6.45, 7) is 8.22. The number of carbonyl (C=O) groups is 1. The monoisotopic (exact) mass is 484 g/mol. The molecule has 0 spiro atoms. The zero-order chi connectivity index (χ0) is 25.5. The first-order valence-electron chi connectivity index (χ1n) is 13.0. The number of rotatable bonds is 17. The van der Waals surface area contributed by atoms with Crippen LogP contribution in [0.25, 0.3) is 0 Å². The Morgan fingerprint density at radius 2 is 1.69 bits per heavy atom. The number of carbonyl (C=O) groups excluding carboxylic acids is 1. The van der Waals surface area contributed by atoms with Gasteiger partial charge >= 0.3 is 5.97 Å². The van der Waals surface area contributed by atoms with E-state index in [9.17, 15) is 4.79 Å². The molecule has 0 saturated heterocycles. The van der Waals surface area contributed by atoms with Crippen molar-refractivity contribution in [1.29, 1.82) is 0 Å². The molecule has 0 radical (unpaired) electrons. The molecule has 0 N–H and O–H groups in total. The highest BCUT2D eigenvalue weighted by molar-refractivity contribution is 5.76. The molecule has 1 heterocycles. The average molecular weight is 485 g/mol. The molecule has 0 aliphatic heterocycles. The molecule has 0 saturated carbocycles. The van der Waals surface area contributed by atoms with E-state index in [0.717, 1.165) is 30.9 Å². The molecular formula is C29H44N2O4. The number of hydrogen-bond acceptors (Lipinski definition) is 6. The molecule has 1 aromatic carbocycles. The Balaban J connectivity index is 1.97. The van der Waals surface area contributed by atoms with Gasteiger partial charge in [-0.2, -0.15) is 0 Å². The van der Waals surface area contributed by atoms with Crippen LogP contribution in [0.1, 0.15) is 71.3 Å². The minimum atomic E-state index is -0.618. The van der Waals surface area contributed by atoms with Gasteiger partial charge in [0.25, 0.3) is 0 Å². The van der Waals surface area contributed by atoms with E-state index in [1.807, 2.05) is 50.4 Å². The molecule has 0 bridgehead atoms. The number of hydrogen-bond donors (Lipinski definition) is 0. The van der Waals surface area contributed by atoms with Gasteiger partial charge in [-0.25, -0.2) is 4.98 Å². The van der Waals surface area contributed by atoms with Crippen LogP contribution in [-0.4, -0.2) is 44.9 Å². The van der Waals surface area contributed by atoms with Crippen LogP contribution in [0.4, 0.5) is 5.82 Å². The van der Waals surface area contributed by atoms with Crippen molar-refractivity contribution < 1.29 is 19.0 Å². The van der Waals surface area contributed by atoms with Gasteiger partial charge in [-0.15, -0.1) is 0 Å². The Morgan fingerprint density at radius 3 is 2.34 bits per heavy atom. The van der Waals surface area contributed by atoms with Crippen molar-refractivity contribution in [3.8, 4) is 11.5 Å². The van der Waals surface area contributed by atoms with Crippen LogP contribution < -0.4 is 14.4 Å². The number of nitrogens with zero attached hydrogens (tertiary/aromatic N) is 2. The summed E-state index contributed by atoms with van der Waals surface area (Å²) in [4.78, 5) is 19.0. The maximum Gasteiger partial charge on any atom is 0.311 e. The standard InChI is InChI=1S/C29H44N2O4/c1-6-7-8-9-10-11-14-19-31(27-15-12-13-18-30-27)20-21-35-26-22-24(16-17-25(26)33-4)23-29(2,3)28(32)34-5/h12-13,15-18,22H,6-11,14,19-21,23H2,1-5H3. The number of anilines is 1. The van der Waals surface area contributed by atoms with E-state index in [-0.39, 0.29) is 5.97 Å². The predicted molar refractivity (Wildman–Crippen MR) is 142 cm³/mol. The molecule has 0 aliphatic rings. The molecule has 6 nitrogen and oxygen atoms in total. The Kier molecular flexibility index (Phi) is 12.4. The van der Waals surface area contributed by atoms with Gasteiger partial charge < -0.3 is 19.1 Å². The fourth-order valence-corrected chi connectivity index (χ4v) is 4.21. The summed E-state index contributed by atoms with van der Waals surface area (Å²) in [6.07, 6.45) is 11.3. The van der Waals surface area contributed by atoms with E-state index in [1.54, 1.807) is 7.11 Å². The van der Waals surface area contributed by atoms with Crippen molar-refractivity contribution in [2.75, 3.05) is 38.8 Å². The van der Waals surface area contributed by atoms with Gasteiger partial charge in [0.1, 0.15) is 12.4 Å². The first-order valence-corrected chi connectivity index (χ1v) is 13.0. The molecule has 1 aromatic heterocycles. The van der Waals surface area contributed by atoms with Gasteiger partial charge in [0, 0.05) is 12.7 Å². The number of pyridine rings is 1. The summed E-state index contributed by atoms with van der Waals surface area (Å²) in [5.41, 5.74) is 0.383. The number of ether oxygens (including phenoxy) is 3. The van der Waals surface area contributed by atoms with Gasteiger partial charge in [-0.1, -0.05) is 57.6 Å². The summed E-state index contributed by atoms with van der Waals surface area (Å²) in [7, 11) is 3.06. The maximum absolute atomic E-state index is 12.1. The Morgan fingerprint density at radius 1 is 0.943 bits per heavy atom. The summed E-state index contributed by atoms with van der Waals surface area (Å²) < 4.78 is 16.7. The minimum Gasteiger partial charge on any atom is -0.493 e. The lowest BCUT2D eigenvalue weighted by molar-refractivity contribution is -0.150.